The van der Waals surface area contributed by atoms with Crippen LogP contribution in [0.15, 0.2) is 18.2 Å². The van der Waals surface area contributed by atoms with E-state index in [0.717, 1.165) is 45.0 Å². The summed E-state index contributed by atoms with van der Waals surface area (Å²) >= 11 is 0. The van der Waals surface area contributed by atoms with Gasteiger partial charge in [0.05, 0.1) is 25.2 Å². The van der Waals surface area contributed by atoms with Crippen LogP contribution in [0.1, 0.15) is 17.5 Å². The second kappa shape index (κ2) is 4.31. The zero-order chi connectivity index (χ0) is 11.7. The average molecular weight is 233 g/mol. The van der Waals surface area contributed by atoms with E-state index in [1.807, 2.05) is 7.05 Å². The first-order valence-corrected chi connectivity index (χ1v) is 6.33. The normalized spacial score (nSPS) is 21.2. The monoisotopic (exact) mass is 233 g/mol. The Morgan fingerprint density at radius 1 is 1.35 bits per heavy atom. The SMILES string of the molecule is CNCC1(c2ccc3c(c2)CCCO3)COC1. The van der Waals surface area contributed by atoms with E-state index in [2.05, 4.69) is 23.5 Å². The van der Waals surface area contributed by atoms with Gasteiger partial charge in [0.2, 0.25) is 0 Å². The fourth-order valence-corrected chi connectivity index (χ4v) is 2.75. The van der Waals surface area contributed by atoms with Crippen LogP contribution in [0.25, 0.3) is 0 Å². The molecule has 1 saturated heterocycles. The maximum absolute atomic E-state index is 5.66. The Morgan fingerprint density at radius 2 is 2.24 bits per heavy atom. The highest BCUT2D eigenvalue weighted by Crippen LogP contribution is 2.35. The van der Waals surface area contributed by atoms with Gasteiger partial charge in [-0.2, -0.15) is 0 Å². The first kappa shape index (κ1) is 11.1. The average Bonchev–Trinajstić information content (AvgIpc) is 2.33. The van der Waals surface area contributed by atoms with Crippen LogP contribution in [0.2, 0.25) is 0 Å². The number of hydrogen-bond donors (Lipinski definition) is 1. The lowest BCUT2D eigenvalue weighted by Crippen LogP contribution is -2.52. The highest BCUT2D eigenvalue weighted by Gasteiger charge is 2.40. The van der Waals surface area contributed by atoms with E-state index >= 15 is 0 Å². The van der Waals surface area contributed by atoms with Crippen LogP contribution in [-0.2, 0) is 16.6 Å². The molecule has 1 N–H and O–H groups in total. The van der Waals surface area contributed by atoms with Gasteiger partial charge in [-0.1, -0.05) is 12.1 Å². The molecule has 0 bridgehead atoms. The highest BCUT2D eigenvalue weighted by atomic mass is 16.5. The minimum absolute atomic E-state index is 0.182. The first-order valence-electron chi connectivity index (χ1n) is 6.33. The molecule has 0 saturated carbocycles. The van der Waals surface area contributed by atoms with Crippen molar-refractivity contribution in [3.63, 3.8) is 0 Å². The van der Waals surface area contributed by atoms with Crippen molar-refractivity contribution < 1.29 is 9.47 Å². The molecule has 0 spiro atoms. The van der Waals surface area contributed by atoms with Crippen LogP contribution in [0, 0.1) is 0 Å². The Hall–Kier alpha value is -1.06. The summed E-state index contributed by atoms with van der Waals surface area (Å²) in [5.74, 6) is 1.07. The molecule has 0 radical (unpaired) electrons. The van der Waals surface area contributed by atoms with Crippen molar-refractivity contribution in [1.29, 1.82) is 0 Å². The summed E-state index contributed by atoms with van der Waals surface area (Å²) in [6.07, 6.45) is 2.27. The Balaban J connectivity index is 1.92. The summed E-state index contributed by atoms with van der Waals surface area (Å²) in [7, 11) is 2.00. The van der Waals surface area contributed by atoms with Crippen molar-refractivity contribution in [2.45, 2.75) is 18.3 Å². The molecule has 2 heterocycles. The van der Waals surface area contributed by atoms with E-state index in [1.165, 1.54) is 11.1 Å². The van der Waals surface area contributed by atoms with Gasteiger partial charge >= 0.3 is 0 Å². The first-order chi connectivity index (χ1) is 8.34. The molecule has 0 aliphatic carbocycles. The predicted octanol–water partition coefficient (Wildman–Crippen LogP) is 1.50. The molecule has 0 aromatic heterocycles. The Labute approximate surface area is 102 Å². The van der Waals surface area contributed by atoms with Gasteiger partial charge in [-0.05, 0) is 37.1 Å². The molecule has 0 unspecified atom stereocenters. The van der Waals surface area contributed by atoms with E-state index in [-0.39, 0.29) is 5.41 Å². The molecule has 0 amide bonds. The number of rotatable bonds is 3. The maximum Gasteiger partial charge on any atom is 0.122 e. The number of fused-ring (bicyclic) bond motifs is 1. The van der Waals surface area contributed by atoms with E-state index in [9.17, 15) is 0 Å². The van der Waals surface area contributed by atoms with Crippen molar-refractivity contribution >= 4 is 0 Å². The molecule has 92 valence electrons. The summed E-state index contributed by atoms with van der Waals surface area (Å²) in [5.41, 5.74) is 2.93. The zero-order valence-electron chi connectivity index (χ0n) is 10.3. The van der Waals surface area contributed by atoms with Gasteiger partial charge < -0.3 is 14.8 Å². The molecule has 3 rings (SSSR count). The minimum atomic E-state index is 0.182. The predicted molar refractivity (Wildman–Crippen MR) is 66.7 cm³/mol. The maximum atomic E-state index is 5.66. The fraction of sp³-hybridized carbons (Fsp3) is 0.571. The van der Waals surface area contributed by atoms with Gasteiger partial charge in [-0.25, -0.2) is 0 Å². The van der Waals surface area contributed by atoms with Crippen LogP contribution < -0.4 is 10.1 Å². The molecule has 2 aliphatic heterocycles. The fourth-order valence-electron chi connectivity index (χ4n) is 2.75. The number of nitrogens with one attached hydrogen (secondary N) is 1. The number of benzene rings is 1. The zero-order valence-corrected chi connectivity index (χ0v) is 10.3. The van der Waals surface area contributed by atoms with Gasteiger partial charge in [-0.15, -0.1) is 0 Å². The molecule has 3 heteroatoms. The summed E-state index contributed by atoms with van der Waals surface area (Å²) < 4.78 is 11.1. The van der Waals surface area contributed by atoms with Crippen molar-refractivity contribution in [3.05, 3.63) is 29.3 Å². The molecule has 17 heavy (non-hydrogen) atoms. The third-order valence-corrected chi connectivity index (χ3v) is 3.79. The van der Waals surface area contributed by atoms with E-state index < -0.39 is 0 Å². The van der Waals surface area contributed by atoms with Crippen LogP contribution >= 0.6 is 0 Å². The smallest absolute Gasteiger partial charge is 0.122 e. The molecule has 2 aliphatic rings. The molecular formula is C14H19NO2. The molecule has 0 atom stereocenters. The lowest BCUT2D eigenvalue weighted by atomic mass is 9.77. The van der Waals surface area contributed by atoms with Crippen LogP contribution in [0.5, 0.6) is 5.75 Å². The quantitative estimate of drug-likeness (QED) is 0.858. The molecular weight excluding hydrogens is 214 g/mol. The Morgan fingerprint density at radius 3 is 2.94 bits per heavy atom. The van der Waals surface area contributed by atoms with Gasteiger partial charge in [-0.3, -0.25) is 0 Å². The van der Waals surface area contributed by atoms with E-state index in [0.29, 0.717) is 0 Å². The number of aryl methyl sites for hydroxylation is 1. The van der Waals surface area contributed by atoms with Crippen molar-refractivity contribution in [3.8, 4) is 5.75 Å². The van der Waals surface area contributed by atoms with Gasteiger partial charge in [0, 0.05) is 6.54 Å². The lowest BCUT2D eigenvalue weighted by molar-refractivity contribution is -0.0583. The summed E-state index contributed by atoms with van der Waals surface area (Å²) in [4.78, 5) is 0. The number of ether oxygens (including phenoxy) is 2. The number of hydrogen-bond acceptors (Lipinski definition) is 3. The van der Waals surface area contributed by atoms with Crippen LogP contribution in [-0.4, -0.2) is 33.4 Å². The summed E-state index contributed by atoms with van der Waals surface area (Å²) in [6.45, 7) is 3.49. The van der Waals surface area contributed by atoms with Crippen molar-refractivity contribution in [2.75, 3.05) is 33.4 Å². The minimum Gasteiger partial charge on any atom is -0.493 e. The largest absolute Gasteiger partial charge is 0.493 e. The number of likely N-dealkylation sites (N-methyl/N-ethyl adjacent to an activating group) is 1. The van der Waals surface area contributed by atoms with Gasteiger partial charge in [0.1, 0.15) is 5.75 Å². The molecule has 1 fully saturated rings. The third kappa shape index (κ3) is 1.83. The Bertz CT molecular complexity index is 413. The topological polar surface area (TPSA) is 30.5 Å². The van der Waals surface area contributed by atoms with Crippen LogP contribution in [0.4, 0.5) is 0 Å². The molecule has 1 aromatic carbocycles. The second-order valence-electron chi connectivity index (χ2n) is 5.08. The third-order valence-electron chi connectivity index (χ3n) is 3.79. The Kier molecular flexibility index (Phi) is 2.81. The van der Waals surface area contributed by atoms with Gasteiger partial charge in [0.15, 0.2) is 0 Å². The lowest BCUT2D eigenvalue weighted by Gasteiger charge is -2.42. The standard InChI is InChI=1S/C14H19NO2/c1-15-8-14(9-16-10-14)12-4-5-13-11(7-12)3-2-6-17-13/h4-5,7,15H,2-3,6,8-10H2,1H3. The van der Waals surface area contributed by atoms with Crippen molar-refractivity contribution in [2.24, 2.45) is 0 Å². The van der Waals surface area contributed by atoms with E-state index in [1.54, 1.807) is 0 Å². The second-order valence-corrected chi connectivity index (χ2v) is 5.08. The van der Waals surface area contributed by atoms with Crippen molar-refractivity contribution in [1.82, 2.24) is 5.32 Å². The van der Waals surface area contributed by atoms with E-state index in [4.69, 9.17) is 9.47 Å². The summed E-state index contributed by atoms with van der Waals surface area (Å²) in [5, 5.41) is 3.28. The van der Waals surface area contributed by atoms with Crippen LogP contribution in [0.3, 0.4) is 0 Å². The van der Waals surface area contributed by atoms with Gasteiger partial charge in [0.25, 0.3) is 0 Å². The molecule has 1 aromatic rings. The highest BCUT2D eigenvalue weighted by molar-refractivity contribution is 5.42. The summed E-state index contributed by atoms with van der Waals surface area (Å²) in [6, 6.07) is 6.64. The molecule has 3 nitrogen and oxygen atoms in total.